The fourth-order valence-corrected chi connectivity index (χ4v) is 3.53. The van der Waals surface area contributed by atoms with Gasteiger partial charge in [0.2, 0.25) is 0 Å². The Labute approximate surface area is 152 Å². The lowest BCUT2D eigenvalue weighted by Crippen LogP contribution is -2.00. The first-order valence-electron chi connectivity index (χ1n) is 8.62. The Bertz CT molecular complexity index is 1090. The number of hydrogen-bond donors (Lipinski definition) is 1. The monoisotopic (exact) mass is 338 g/mol. The molecule has 0 spiro atoms. The lowest BCUT2D eigenvalue weighted by molar-refractivity contribution is 0.476. The molecule has 26 heavy (non-hydrogen) atoms. The summed E-state index contributed by atoms with van der Waals surface area (Å²) in [5.41, 5.74) is 5.38. The quantitative estimate of drug-likeness (QED) is 0.527. The number of nitriles is 1. The van der Waals surface area contributed by atoms with Crippen molar-refractivity contribution in [3.8, 4) is 34.2 Å². The van der Waals surface area contributed by atoms with Gasteiger partial charge >= 0.3 is 0 Å². The van der Waals surface area contributed by atoms with Crippen molar-refractivity contribution < 1.29 is 5.11 Å². The van der Waals surface area contributed by atoms with Crippen LogP contribution in [0.25, 0.3) is 33.3 Å². The summed E-state index contributed by atoms with van der Waals surface area (Å²) in [5.74, 6) is 0.242. The van der Waals surface area contributed by atoms with E-state index in [0.717, 1.165) is 33.3 Å². The number of fused-ring (bicyclic) bond motifs is 1. The predicted octanol–water partition coefficient (Wildman–Crippen LogP) is 5.59. The molecule has 1 heterocycles. The molecule has 4 rings (SSSR count). The van der Waals surface area contributed by atoms with Crippen molar-refractivity contribution in [2.24, 2.45) is 0 Å². The van der Waals surface area contributed by atoms with Crippen LogP contribution in [0.4, 0.5) is 0 Å². The third-order valence-corrected chi connectivity index (χ3v) is 4.60. The van der Waals surface area contributed by atoms with Crippen LogP contribution in [0.3, 0.4) is 0 Å². The van der Waals surface area contributed by atoms with E-state index in [0.29, 0.717) is 13.0 Å². The first-order chi connectivity index (χ1) is 12.8. The second-order valence-electron chi connectivity index (χ2n) is 6.22. The van der Waals surface area contributed by atoms with Crippen molar-refractivity contribution >= 4 is 10.9 Å². The predicted molar refractivity (Wildman–Crippen MR) is 105 cm³/mol. The van der Waals surface area contributed by atoms with Crippen molar-refractivity contribution in [2.75, 3.05) is 0 Å². The summed E-state index contributed by atoms with van der Waals surface area (Å²) in [6, 6.07) is 28.1. The summed E-state index contributed by atoms with van der Waals surface area (Å²) >= 11 is 0. The van der Waals surface area contributed by atoms with Gasteiger partial charge in [0.15, 0.2) is 0 Å². The van der Waals surface area contributed by atoms with E-state index < -0.39 is 0 Å². The molecule has 0 saturated heterocycles. The molecule has 0 saturated carbocycles. The molecule has 3 aromatic carbocycles. The third kappa shape index (κ3) is 2.72. The molecule has 0 aliphatic rings. The van der Waals surface area contributed by atoms with E-state index in [1.54, 1.807) is 6.07 Å². The van der Waals surface area contributed by atoms with Crippen molar-refractivity contribution in [1.29, 1.82) is 5.26 Å². The minimum absolute atomic E-state index is 0.242. The number of phenolic OH excluding ortho intramolecular Hbond substituents is 1. The van der Waals surface area contributed by atoms with E-state index in [-0.39, 0.29) is 5.75 Å². The molecule has 0 atom stereocenters. The average molecular weight is 338 g/mol. The summed E-state index contributed by atoms with van der Waals surface area (Å²) in [7, 11) is 0. The largest absolute Gasteiger partial charge is 0.508 e. The maximum atomic E-state index is 10.1. The number of rotatable bonds is 4. The van der Waals surface area contributed by atoms with Crippen LogP contribution in [-0.4, -0.2) is 9.67 Å². The second kappa shape index (κ2) is 6.78. The molecule has 0 amide bonds. The SMILES string of the molecule is N#CCCn1c(-c2ccccc2)c(-c2ccccc2)c2cc(O)ccc21. The lowest BCUT2D eigenvalue weighted by atomic mass is 9.98. The van der Waals surface area contributed by atoms with Crippen LogP contribution >= 0.6 is 0 Å². The molecule has 0 fully saturated rings. The summed E-state index contributed by atoms with van der Waals surface area (Å²) in [4.78, 5) is 0. The molecule has 126 valence electrons. The van der Waals surface area contributed by atoms with Gasteiger partial charge in [-0.3, -0.25) is 0 Å². The number of benzene rings is 3. The first-order valence-corrected chi connectivity index (χ1v) is 8.62. The standard InChI is InChI=1S/C23H18N2O/c24-14-7-15-25-21-13-12-19(26)16-20(21)22(17-8-3-1-4-9-17)23(25)18-10-5-2-6-11-18/h1-6,8-13,16,26H,7,15H2. The van der Waals surface area contributed by atoms with Crippen LogP contribution in [0.2, 0.25) is 0 Å². The van der Waals surface area contributed by atoms with Crippen molar-refractivity contribution in [3.63, 3.8) is 0 Å². The smallest absolute Gasteiger partial charge is 0.116 e. The Kier molecular flexibility index (Phi) is 4.17. The molecule has 0 radical (unpaired) electrons. The van der Waals surface area contributed by atoms with Gasteiger partial charge in [0.1, 0.15) is 5.75 Å². The van der Waals surface area contributed by atoms with Crippen molar-refractivity contribution in [2.45, 2.75) is 13.0 Å². The Morgan fingerprint density at radius 3 is 2.15 bits per heavy atom. The van der Waals surface area contributed by atoms with E-state index >= 15 is 0 Å². The fraction of sp³-hybridized carbons (Fsp3) is 0.0870. The van der Waals surface area contributed by atoms with Crippen molar-refractivity contribution in [1.82, 2.24) is 4.57 Å². The second-order valence-corrected chi connectivity index (χ2v) is 6.22. The number of nitrogens with zero attached hydrogens (tertiary/aromatic N) is 2. The molecular weight excluding hydrogens is 320 g/mol. The van der Waals surface area contributed by atoms with E-state index in [2.05, 4.69) is 34.9 Å². The van der Waals surface area contributed by atoms with Crippen LogP contribution in [0, 0.1) is 11.3 Å². The zero-order valence-electron chi connectivity index (χ0n) is 14.3. The van der Waals surface area contributed by atoms with E-state index in [4.69, 9.17) is 5.26 Å². The van der Waals surface area contributed by atoms with E-state index in [1.165, 1.54) is 0 Å². The Balaban J connectivity index is 2.12. The summed E-state index contributed by atoms with van der Waals surface area (Å²) in [6.45, 7) is 0.606. The minimum Gasteiger partial charge on any atom is -0.508 e. The number of phenols is 1. The number of aromatic nitrogens is 1. The molecule has 3 nitrogen and oxygen atoms in total. The number of aromatic hydroxyl groups is 1. The molecule has 1 N–H and O–H groups in total. The van der Waals surface area contributed by atoms with Gasteiger partial charge in [-0.05, 0) is 29.3 Å². The van der Waals surface area contributed by atoms with Gasteiger partial charge in [-0.1, -0.05) is 60.7 Å². The van der Waals surface area contributed by atoms with Gasteiger partial charge in [0.25, 0.3) is 0 Å². The minimum atomic E-state index is 0.242. The molecule has 0 unspecified atom stereocenters. The molecule has 1 aromatic heterocycles. The lowest BCUT2D eigenvalue weighted by Gasteiger charge is -2.11. The highest BCUT2D eigenvalue weighted by Crippen LogP contribution is 2.42. The molecular formula is C23H18N2O. The maximum Gasteiger partial charge on any atom is 0.116 e. The average Bonchev–Trinajstić information content (AvgIpc) is 3.01. The highest BCUT2D eigenvalue weighted by Gasteiger charge is 2.20. The van der Waals surface area contributed by atoms with Gasteiger partial charge in [-0.2, -0.15) is 5.26 Å². The molecule has 4 aromatic rings. The molecule has 0 aliphatic carbocycles. The van der Waals surface area contributed by atoms with Crippen LogP contribution in [0.1, 0.15) is 6.42 Å². The van der Waals surface area contributed by atoms with Gasteiger partial charge in [-0.15, -0.1) is 0 Å². The molecule has 0 aliphatic heterocycles. The number of aryl methyl sites for hydroxylation is 1. The molecule has 3 heteroatoms. The van der Waals surface area contributed by atoms with Crippen LogP contribution in [-0.2, 0) is 6.54 Å². The summed E-state index contributed by atoms with van der Waals surface area (Å²) in [5, 5.41) is 20.2. The van der Waals surface area contributed by atoms with Gasteiger partial charge in [-0.25, -0.2) is 0 Å². The van der Waals surface area contributed by atoms with E-state index in [1.807, 2.05) is 48.5 Å². The Morgan fingerprint density at radius 1 is 0.846 bits per heavy atom. The first kappa shape index (κ1) is 16.0. The van der Waals surface area contributed by atoms with Gasteiger partial charge in [0.05, 0.1) is 18.2 Å². The van der Waals surface area contributed by atoms with Crippen LogP contribution in [0.15, 0.2) is 78.9 Å². The van der Waals surface area contributed by atoms with Crippen LogP contribution < -0.4 is 0 Å². The normalized spacial score (nSPS) is 10.7. The zero-order valence-corrected chi connectivity index (χ0v) is 14.3. The number of hydrogen-bond acceptors (Lipinski definition) is 2. The van der Waals surface area contributed by atoms with E-state index in [9.17, 15) is 5.11 Å². The zero-order chi connectivity index (χ0) is 17.9. The Morgan fingerprint density at radius 2 is 1.50 bits per heavy atom. The highest BCUT2D eigenvalue weighted by atomic mass is 16.3. The summed E-state index contributed by atoms with van der Waals surface area (Å²) in [6.07, 6.45) is 0.429. The van der Waals surface area contributed by atoms with Gasteiger partial charge < -0.3 is 9.67 Å². The maximum absolute atomic E-state index is 10.1. The van der Waals surface area contributed by atoms with Crippen molar-refractivity contribution in [3.05, 3.63) is 78.9 Å². The molecule has 0 bridgehead atoms. The van der Waals surface area contributed by atoms with Crippen LogP contribution in [0.5, 0.6) is 5.75 Å². The fourth-order valence-electron chi connectivity index (χ4n) is 3.53. The highest BCUT2D eigenvalue weighted by molar-refractivity contribution is 6.05. The van der Waals surface area contributed by atoms with Gasteiger partial charge in [0, 0.05) is 23.0 Å². The third-order valence-electron chi connectivity index (χ3n) is 4.60. The summed E-state index contributed by atoms with van der Waals surface area (Å²) < 4.78 is 2.19. The Hall–Kier alpha value is -3.51. The topological polar surface area (TPSA) is 49.0 Å².